The Balaban J connectivity index is 3.45. The Kier molecular flexibility index (Phi) is 2.78. The van der Waals surface area contributed by atoms with E-state index in [4.69, 9.17) is 0 Å². The molecule has 0 aromatic carbocycles. The van der Waals surface area contributed by atoms with E-state index in [2.05, 4.69) is 5.92 Å². The Bertz CT molecular complexity index is 116. The Morgan fingerprint density at radius 3 is 2.57 bits per heavy atom. The fourth-order valence-corrected chi connectivity index (χ4v) is 0.161. The van der Waals surface area contributed by atoms with Gasteiger partial charge in [-0.1, -0.05) is 12.8 Å². The van der Waals surface area contributed by atoms with Gasteiger partial charge in [0.05, 0.1) is 0 Å². The van der Waals surface area contributed by atoms with Crippen LogP contribution in [0.15, 0.2) is 0 Å². The highest BCUT2D eigenvalue weighted by Crippen LogP contribution is 1.63. The van der Waals surface area contributed by atoms with Crippen molar-refractivity contribution in [3.05, 3.63) is 0 Å². The fraction of sp³-hybridized carbons (Fsp3) is 0.400. The van der Waals surface area contributed by atoms with Crippen LogP contribution in [-0.2, 0) is 4.79 Å². The number of carboxylic acids is 1. The Labute approximate surface area is 42.2 Å². The molecule has 0 saturated heterocycles. The molecular weight excluding hydrogens is 92.1 g/mol. The molecule has 0 aliphatic rings. The number of carboxylic acid groups (broad SMARTS) is 1. The summed E-state index contributed by atoms with van der Waals surface area (Å²) in [5.74, 6) is 2.88. The maximum atomic E-state index is 9.47. The summed E-state index contributed by atoms with van der Waals surface area (Å²) >= 11 is 0. The number of carbonyl (C=O) groups is 1. The van der Waals surface area contributed by atoms with Crippen LogP contribution < -0.4 is 5.11 Å². The molecule has 0 saturated carbocycles. The molecule has 0 aliphatic carbocycles. The van der Waals surface area contributed by atoms with Crippen LogP contribution in [0.4, 0.5) is 0 Å². The van der Waals surface area contributed by atoms with E-state index in [1.165, 1.54) is 0 Å². The van der Waals surface area contributed by atoms with Gasteiger partial charge in [-0.05, 0) is 5.92 Å². The molecule has 0 unspecified atom stereocenters. The first-order valence-corrected chi connectivity index (χ1v) is 1.97. The Morgan fingerprint density at radius 1 is 1.86 bits per heavy atom. The average Bonchev–Trinajstić information content (AvgIpc) is 1.61. The maximum Gasteiger partial charge on any atom is 0.116 e. The molecule has 0 heterocycles. The van der Waals surface area contributed by atoms with Crippen molar-refractivity contribution in [2.75, 3.05) is 0 Å². The molecule has 0 aromatic heterocycles. The summed E-state index contributed by atoms with van der Waals surface area (Å²) in [5.41, 5.74) is 0. The van der Waals surface area contributed by atoms with Gasteiger partial charge in [0.1, 0.15) is 5.97 Å². The quantitative estimate of drug-likeness (QED) is 0.369. The minimum atomic E-state index is -1.30. The number of hydrogen-bond acceptors (Lipinski definition) is 2. The molecule has 0 atom stereocenters. The van der Waals surface area contributed by atoms with Crippen molar-refractivity contribution in [3.8, 4) is 11.8 Å². The maximum absolute atomic E-state index is 9.47. The molecule has 2 heteroatoms. The van der Waals surface area contributed by atoms with Gasteiger partial charge in [0.2, 0.25) is 0 Å². The summed E-state index contributed by atoms with van der Waals surface area (Å²) in [5, 5.41) is 9.47. The van der Waals surface area contributed by atoms with E-state index >= 15 is 0 Å². The lowest BCUT2D eigenvalue weighted by Crippen LogP contribution is -2.19. The van der Waals surface area contributed by atoms with E-state index in [1.54, 1.807) is 6.92 Å². The molecule has 38 valence electrons. The second-order valence-corrected chi connectivity index (χ2v) is 0.943. The molecule has 0 fully saturated rings. The van der Waals surface area contributed by atoms with Gasteiger partial charge in [-0.2, -0.15) is 0 Å². The van der Waals surface area contributed by atoms with Crippen LogP contribution in [0.2, 0.25) is 0 Å². The summed E-state index contributed by atoms with van der Waals surface area (Å²) in [6.07, 6.45) is 0.563. The number of hydrogen-bond donors (Lipinski definition) is 0. The molecule has 0 rings (SSSR count). The van der Waals surface area contributed by atoms with Crippen molar-refractivity contribution >= 4 is 5.97 Å². The van der Waals surface area contributed by atoms with Gasteiger partial charge >= 0.3 is 0 Å². The van der Waals surface area contributed by atoms with E-state index in [0.29, 0.717) is 6.42 Å². The highest BCUT2D eigenvalue weighted by molar-refractivity contribution is 5.84. The van der Waals surface area contributed by atoms with Gasteiger partial charge in [-0.3, -0.25) is 0 Å². The average molecular weight is 97.1 g/mol. The van der Waals surface area contributed by atoms with Gasteiger partial charge in [-0.25, -0.2) is 0 Å². The van der Waals surface area contributed by atoms with Crippen LogP contribution in [0.5, 0.6) is 0 Å². The summed E-state index contributed by atoms with van der Waals surface area (Å²) in [6.45, 7) is 1.77. The van der Waals surface area contributed by atoms with E-state index in [0.717, 1.165) is 0 Å². The minimum absolute atomic E-state index is 0.563. The van der Waals surface area contributed by atoms with Gasteiger partial charge in [0.15, 0.2) is 0 Å². The van der Waals surface area contributed by atoms with E-state index in [9.17, 15) is 9.90 Å². The van der Waals surface area contributed by atoms with E-state index < -0.39 is 5.97 Å². The largest absolute Gasteiger partial charge is 0.537 e. The minimum Gasteiger partial charge on any atom is -0.537 e. The molecule has 2 nitrogen and oxygen atoms in total. The van der Waals surface area contributed by atoms with Gasteiger partial charge < -0.3 is 9.90 Å². The predicted octanol–water partition coefficient (Wildman–Crippen LogP) is -0.850. The second kappa shape index (κ2) is 3.23. The Morgan fingerprint density at radius 2 is 2.43 bits per heavy atom. The lowest BCUT2D eigenvalue weighted by atomic mass is 10.5. The van der Waals surface area contributed by atoms with E-state index in [-0.39, 0.29) is 0 Å². The third-order valence-electron chi connectivity index (χ3n) is 0.367. The first-order valence-electron chi connectivity index (χ1n) is 1.97. The number of carbonyl (C=O) groups excluding carboxylic acids is 1. The molecule has 0 N–H and O–H groups in total. The van der Waals surface area contributed by atoms with Crippen molar-refractivity contribution in [1.82, 2.24) is 0 Å². The van der Waals surface area contributed by atoms with Gasteiger partial charge in [0.25, 0.3) is 0 Å². The molecule has 0 aliphatic heterocycles. The van der Waals surface area contributed by atoms with Crippen molar-refractivity contribution in [3.63, 3.8) is 0 Å². The first-order chi connectivity index (χ1) is 3.27. The lowest BCUT2D eigenvalue weighted by Gasteiger charge is -1.80. The summed E-state index contributed by atoms with van der Waals surface area (Å²) < 4.78 is 0. The molecular formula is C5H5O2-. The van der Waals surface area contributed by atoms with Crippen LogP contribution in [-0.4, -0.2) is 5.97 Å². The standard InChI is InChI=1S/C5H6O2/c1-2-3-4-5(6)7/h2H2,1H3,(H,6,7)/p-1. The zero-order valence-electron chi connectivity index (χ0n) is 4.02. The van der Waals surface area contributed by atoms with Crippen molar-refractivity contribution < 1.29 is 9.90 Å². The third kappa shape index (κ3) is 5.03. The van der Waals surface area contributed by atoms with Crippen LogP contribution in [0, 0.1) is 11.8 Å². The summed E-state index contributed by atoms with van der Waals surface area (Å²) in [6, 6.07) is 0. The van der Waals surface area contributed by atoms with Crippen LogP contribution in [0.3, 0.4) is 0 Å². The second-order valence-electron chi connectivity index (χ2n) is 0.943. The molecule has 0 bridgehead atoms. The molecule has 0 aromatic rings. The third-order valence-corrected chi connectivity index (χ3v) is 0.367. The lowest BCUT2D eigenvalue weighted by molar-refractivity contribution is -0.295. The van der Waals surface area contributed by atoms with E-state index in [1.807, 2.05) is 5.92 Å². The number of rotatable bonds is 0. The van der Waals surface area contributed by atoms with Crippen LogP contribution in [0.25, 0.3) is 0 Å². The molecule has 7 heavy (non-hydrogen) atoms. The highest BCUT2D eigenvalue weighted by Gasteiger charge is 1.63. The molecule has 0 amide bonds. The van der Waals surface area contributed by atoms with Gasteiger partial charge in [-0.15, -0.1) is 0 Å². The van der Waals surface area contributed by atoms with Crippen molar-refractivity contribution in [2.45, 2.75) is 13.3 Å². The molecule has 0 spiro atoms. The number of aliphatic carboxylic acids is 1. The van der Waals surface area contributed by atoms with Crippen molar-refractivity contribution in [1.29, 1.82) is 0 Å². The first kappa shape index (κ1) is 6.03. The predicted molar refractivity (Wildman–Crippen MR) is 23.1 cm³/mol. The normalized spacial score (nSPS) is 6.43. The zero-order chi connectivity index (χ0) is 5.70. The zero-order valence-corrected chi connectivity index (χ0v) is 4.02. The smallest absolute Gasteiger partial charge is 0.116 e. The SMILES string of the molecule is CCC#CC(=O)[O-]. The summed E-state index contributed by atoms with van der Waals surface area (Å²) in [4.78, 5) is 9.47. The van der Waals surface area contributed by atoms with Crippen molar-refractivity contribution in [2.24, 2.45) is 0 Å². The van der Waals surface area contributed by atoms with Crippen LogP contribution in [0.1, 0.15) is 13.3 Å². The van der Waals surface area contributed by atoms with Crippen LogP contribution >= 0.6 is 0 Å². The summed E-state index contributed by atoms with van der Waals surface area (Å²) in [7, 11) is 0. The Hall–Kier alpha value is -0.970. The topological polar surface area (TPSA) is 40.1 Å². The molecule has 0 radical (unpaired) electrons. The van der Waals surface area contributed by atoms with Gasteiger partial charge in [0, 0.05) is 6.42 Å². The monoisotopic (exact) mass is 97.0 g/mol. The highest BCUT2D eigenvalue weighted by atomic mass is 16.4. The fourth-order valence-electron chi connectivity index (χ4n) is 0.161.